The van der Waals surface area contributed by atoms with Gasteiger partial charge in [-0.05, 0) is 25.6 Å². The van der Waals surface area contributed by atoms with E-state index in [9.17, 15) is 4.39 Å². The molecule has 1 aromatic carbocycles. The van der Waals surface area contributed by atoms with Crippen molar-refractivity contribution in [3.05, 3.63) is 51.0 Å². The van der Waals surface area contributed by atoms with Gasteiger partial charge >= 0.3 is 0 Å². The minimum Gasteiger partial charge on any atom is -0.310 e. The van der Waals surface area contributed by atoms with Gasteiger partial charge in [-0.2, -0.15) is 5.10 Å². The van der Waals surface area contributed by atoms with Crippen LogP contribution in [0.4, 0.5) is 4.39 Å². The van der Waals surface area contributed by atoms with E-state index in [1.165, 1.54) is 6.07 Å². The van der Waals surface area contributed by atoms with Crippen LogP contribution in [0.25, 0.3) is 0 Å². The Hall–Kier alpha value is -1.10. The Morgan fingerprint density at radius 1 is 1.38 bits per heavy atom. The highest BCUT2D eigenvalue weighted by molar-refractivity contribution is 6.32. The third kappa shape index (κ3) is 3.39. The molecule has 0 aliphatic carbocycles. The average Bonchev–Trinajstić information content (AvgIpc) is 2.65. The van der Waals surface area contributed by atoms with Gasteiger partial charge < -0.3 is 5.32 Å². The van der Waals surface area contributed by atoms with E-state index in [2.05, 4.69) is 10.4 Å². The fraction of sp³-hybridized carbons (Fsp3) is 0.400. The predicted molar refractivity (Wildman–Crippen MR) is 84.5 cm³/mol. The first-order valence-electron chi connectivity index (χ1n) is 6.81. The fourth-order valence-corrected chi connectivity index (χ4v) is 2.99. The van der Waals surface area contributed by atoms with Gasteiger partial charge in [-0.25, -0.2) is 4.39 Å². The van der Waals surface area contributed by atoms with Gasteiger partial charge in [0.2, 0.25) is 0 Å². The highest BCUT2D eigenvalue weighted by Gasteiger charge is 2.22. The number of nitrogens with zero attached hydrogens (tertiary/aromatic N) is 2. The molecule has 0 aliphatic heterocycles. The zero-order valence-corrected chi connectivity index (χ0v) is 13.8. The minimum atomic E-state index is -0.316. The maximum absolute atomic E-state index is 14.2. The molecule has 1 aromatic heterocycles. The predicted octanol–water partition coefficient (Wildman–Crippen LogP) is 4.07. The van der Waals surface area contributed by atoms with Crippen LogP contribution in [-0.4, -0.2) is 16.3 Å². The molecule has 2 rings (SSSR count). The Labute approximate surface area is 134 Å². The molecule has 1 unspecified atom stereocenters. The third-order valence-electron chi connectivity index (χ3n) is 3.46. The van der Waals surface area contributed by atoms with Gasteiger partial charge in [-0.1, -0.05) is 36.2 Å². The largest absolute Gasteiger partial charge is 0.310 e. The maximum Gasteiger partial charge on any atom is 0.129 e. The van der Waals surface area contributed by atoms with E-state index < -0.39 is 0 Å². The van der Waals surface area contributed by atoms with Crippen molar-refractivity contribution < 1.29 is 4.39 Å². The van der Waals surface area contributed by atoms with Crippen LogP contribution < -0.4 is 5.32 Å². The molecule has 1 N–H and O–H groups in total. The molecule has 114 valence electrons. The van der Waals surface area contributed by atoms with E-state index in [0.717, 1.165) is 11.4 Å². The molecule has 0 spiro atoms. The van der Waals surface area contributed by atoms with Crippen molar-refractivity contribution in [2.24, 2.45) is 7.05 Å². The van der Waals surface area contributed by atoms with Gasteiger partial charge in [-0.3, -0.25) is 4.68 Å². The molecule has 1 atom stereocenters. The minimum absolute atomic E-state index is 0.254. The summed E-state index contributed by atoms with van der Waals surface area (Å²) in [6.07, 6.45) is 0.519. The first-order chi connectivity index (χ1) is 9.95. The summed E-state index contributed by atoms with van der Waals surface area (Å²) >= 11 is 12.5. The second-order valence-corrected chi connectivity index (χ2v) is 5.70. The number of rotatable bonds is 5. The summed E-state index contributed by atoms with van der Waals surface area (Å²) in [6.45, 7) is 4.52. The second-order valence-electron chi connectivity index (χ2n) is 4.92. The number of hydrogen-bond donors (Lipinski definition) is 1. The van der Waals surface area contributed by atoms with E-state index in [4.69, 9.17) is 23.2 Å². The molecular formula is C15H18Cl2FN3. The van der Waals surface area contributed by atoms with Gasteiger partial charge in [0.05, 0.1) is 16.4 Å². The van der Waals surface area contributed by atoms with Crippen LogP contribution in [0.5, 0.6) is 0 Å². The lowest BCUT2D eigenvalue weighted by molar-refractivity contribution is 0.497. The van der Waals surface area contributed by atoms with Crippen molar-refractivity contribution in [3.8, 4) is 0 Å². The SMILES string of the molecule is CCNC(Cc1c(Cl)c(C)nn1C)c1c(F)cccc1Cl. The van der Waals surface area contributed by atoms with Gasteiger partial charge in [0.1, 0.15) is 5.82 Å². The standard InChI is InChI=1S/C15H18Cl2FN3/c1-4-19-12(14-10(16)6-5-7-11(14)18)8-13-15(17)9(2)20-21(13)3/h5-7,12,19H,4,8H2,1-3H3. The second kappa shape index (κ2) is 6.77. The van der Waals surface area contributed by atoms with Crippen molar-refractivity contribution in [2.45, 2.75) is 26.3 Å². The van der Waals surface area contributed by atoms with Crippen molar-refractivity contribution in [3.63, 3.8) is 0 Å². The number of likely N-dealkylation sites (N-methyl/N-ethyl adjacent to an activating group) is 1. The molecule has 0 amide bonds. The topological polar surface area (TPSA) is 29.9 Å². The van der Waals surface area contributed by atoms with E-state index in [1.54, 1.807) is 16.8 Å². The molecule has 0 aliphatic rings. The van der Waals surface area contributed by atoms with Crippen molar-refractivity contribution >= 4 is 23.2 Å². The van der Waals surface area contributed by atoms with Crippen molar-refractivity contribution in [2.75, 3.05) is 6.54 Å². The van der Waals surface area contributed by atoms with Gasteiger partial charge in [0.25, 0.3) is 0 Å². The summed E-state index contributed by atoms with van der Waals surface area (Å²) in [5.41, 5.74) is 2.10. The molecule has 0 saturated heterocycles. The molecule has 0 bridgehead atoms. The molecule has 2 aromatic rings. The Balaban J connectivity index is 2.40. The van der Waals surface area contributed by atoms with E-state index in [-0.39, 0.29) is 11.9 Å². The number of halogens is 3. The molecule has 0 radical (unpaired) electrons. The number of hydrogen-bond acceptors (Lipinski definition) is 2. The zero-order valence-electron chi connectivity index (χ0n) is 12.3. The molecule has 6 heteroatoms. The van der Waals surface area contributed by atoms with Crippen LogP contribution >= 0.6 is 23.2 Å². The highest BCUT2D eigenvalue weighted by Crippen LogP contribution is 2.31. The van der Waals surface area contributed by atoms with Crippen LogP contribution in [0.15, 0.2) is 18.2 Å². The van der Waals surface area contributed by atoms with Crippen LogP contribution in [0, 0.1) is 12.7 Å². The molecule has 0 fully saturated rings. The summed E-state index contributed by atoms with van der Waals surface area (Å²) < 4.78 is 15.9. The lowest BCUT2D eigenvalue weighted by Gasteiger charge is -2.20. The normalized spacial score (nSPS) is 12.7. The lowest BCUT2D eigenvalue weighted by atomic mass is 10.0. The van der Waals surface area contributed by atoms with E-state index in [0.29, 0.717) is 28.6 Å². The molecular weight excluding hydrogens is 312 g/mol. The third-order valence-corrected chi connectivity index (χ3v) is 4.28. The number of nitrogens with one attached hydrogen (secondary N) is 1. The molecule has 21 heavy (non-hydrogen) atoms. The molecule has 0 saturated carbocycles. The Bertz CT molecular complexity index is 620. The Morgan fingerprint density at radius 3 is 2.62 bits per heavy atom. The quantitative estimate of drug-likeness (QED) is 0.896. The monoisotopic (exact) mass is 329 g/mol. The molecule has 3 nitrogen and oxygen atoms in total. The molecule has 1 heterocycles. The summed E-state index contributed by atoms with van der Waals surface area (Å²) in [5.74, 6) is -0.316. The average molecular weight is 330 g/mol. The number of aromatic nitrogens is 2. The van der Waals surface area contributed by atoms with Crippen LogP contribution in [0.1, 0.15) is 29.9 Å². The Morgan fingerprint density at radius 2 is 2.10 bits per heavy atom. The van der Waals surface area contributed by atoms with Crippen molar-refractivity contribution in [1.29, 1.82) is 0 Å². The fourth-order valence-electron chi connectivity index (χ4n) is 2.46. The lowest BCUT2D eigenvalue weighted by Crippen LogP contribution is -2.25. The van der Waals surface area contributed by atoms with Crippen molar-refractivity contribution in [1.82, 2.24) is 15.1 Å². The maximum atomic E-state index is 14.2. The number of benzene rings is 1. The first kappa shape index (κ1) is 16.3. The summed E-state index contributed by atoms with van der Waals surface area (Å²) in [5, 5.41) is 8.59. The highest BCUT2D eigenvalue weighted by atomic mass is 35.5. The zero-order chi connectivity index (χ0) is 15.6. The summed E-state index contributed by atoms with van der Waals surface area (Å²) in [6, 6.07) is 4.46. The van der Waals surface area contributed by atoms with Crippen LogP contribution in [0.2, 0.25) is 10.0 Å². The van der Waals surface area contributed by atoms with E-state index in [1.807, 2.05) is 20.9 Å². The van der Waals surface area contributed by atoms with Crippen LogP contribution in [0.3, 0.4) is 0 Å². The first-order valence-corrected chi connectivity index (χ1v) is 7.56. The smallest absolute Gasteiger partial charge is 0.129 e. The van der Waals surface area contributed by atoms with Gasteiger partial charge in [-0.15, -0.1) is 0 Å². The van der Waals surface area contributed by atoms with Gasteiger partial charge in [0.15, 0.2) is 0 Å². The summed E-state index contributed by atoms with van der Waals surface area (Å²) in [7, 11) is 1.83. The van der Waals surface area contributed by atoms with Crippen LogP contribution in [-0.2, 0) is 13.5 Å². The van der Waals surface area contributed by atoms with Gasteiger partial charge in [0, 0.05) is 30.1 Å². The number of aryl methyl sites for hydroxylation is 2. The van der Waals surface area contributed by atoms with E-state index >= 15 is 0 Å². The summed E-state index contributed by atoms with van der Waals surface area (Å²) in [4.78, 5) is 0. The Kier molecular flexibility index (Phi) is 5.25.